The number of hydrogen-bond acceptors (Lipinski definition) is 5. The van der Waals surface area contributed by atoms with Crippen molar-refractivity contribution in [3.63, 3.8) is 0 Å². The van der Waals surface area contributed by atoms with Gasteiger partial charge < -0.3 is 10.6 Å². The van der Waals surface area contributed by atoms with E-state index in [2.05, 4.69) is 20.7 Å². The van der Waals surface area contributed by atoms with Gasteiger partial charge in [-0.15, -0.1) is 0 Å². The molecule has 28 heavy (non-hydrogen) atoms. The van der Waals surface area contributed by atoms with E-state index in [0.717, 1.165) is 35.9 Å². The number of aromatic nitrogens is 3. The van der Waals surface area contributed by atoms with Crippen molar-refractivity contribution >= 4 is 55.8 Å². The molecule has 2 heterocycles. The number of nitrogens with zero attached hydrogens (tertiary/aromatic N) is 3. The minimum atomic E-state index is -0.334. The third kappa shape index (κ3) is 3.88. The first kappa shape index (κ1) is 18.9. The van der Waals surface area contributed by atoms with Gasteiger partial charge in [-0.3, -0.25) is 14.3 Å². The van der Waals surface area contributed by atoms with E-state index in [0.29, 0.717) is 21.5 Å². The van der Waals surface area contributed by atoms with Gasteiger partial charge in [-0.1, -0.05) is 42.2 Å². The molecule has 0 bridgehead atoms. The van der Waals surface area contributed by atoms with Gasteiger partial charge in [-0.25, -0.2) is 4.98 Å². The molecule has 7 nitrogen and oxygen atoms in total. The smallest absolute Gasteiger partial charge is 0.275 e. The Balaban J connectivity index is 1.48. The first-order chi connectivity index (χ1) is 13.5. The van der Waals surface area contributed by atoms with Crippen molar-refractivity contribution in [2.24, 2.45) is 13.0 Å². The van der Waals surface area contributed by atoms with E-state index in [9.17, 15) is 9.59 Å². The molecule has 2 N–H and O–H groups in total. The third-order valence-electron chi connectivity index (χ3n) is 4.96. The molecule has 0 aliphatic heterocycles. The zero-order valence-electron chi connectivity index (χ0n) is 15.4. The molecule has 0 saturated heterocycles. The average molecular weight is 418 g/mol. The minimum Gasteiger partial charge on any atom is -0.321 e. The van der Waals surface area contributed by atoms with Crippen LogP contribution in [0.5, 0.6) is 0 Å². The summed E-state index contributed by atoms with van der Waals surface area (Å²) in [5.74, 6) is -0.197. The fourth-order valence-corrected chi connectivity index (χ4v) is 4.64. The maximum absolute atomic E-state index is 12.5. The van der Waals surface area contributed by atoms with Crippen LogP contribution in [-0.2, 0) is 11.8 Å². The molecule has 3 aromatic rings. The van der Waals surface area contributed by atoms with E-state index < -0.39 is 0 Å². The minimum absolute atomic E-state index is 0.0538. The third-order valence-corrected chi connectivity index (χ3v) is 6.17. The number of amides is 2. The lowest BCUT2D eigenvalue weighted by Gasteiger charge is -2.19. The van der Waals surface area contributed by atoms with Gasteiger partial charge in [0.1, 0.15) is 5.69 Å². The monoisotopic (exact) mass is 417 g/mol. The SMILES string of the molecule is Cn1ncc(Cl)c1C(=O)Nc1ccc2nc(NC(=O)C3CCCCC3)sc2c1. The van der Waals surface area contributed by atoms with Crippen LogP contribution < -0.4 is 10.6 Å². The largest absolute Gasteiger partial charge is 0.321 e. The van der Waals surface area contributed by atoms with Gasteiger partial charge in [0.05, 0.1) is 21.4 Å². The fraction of sp³-hybridized carbons (Fsp3) is 0.368. The van der Waals surface area contributed by atoms with Crippen LogP contribution in [0.1, 0.15) is 42.6 Å². The molecule has 1 saturated carbocycles. The zero-order valence-corrected chi connectivity index (χ0v) is 16.9. The first-order valence-electron chi connectivity index (χ1n) is 9.21. The Morgan fingerprint density at radius 3 is 2.71 bits per heavy atom. The predicted molar refractivity (Wildman–Crippen MR) is 111 cm³/mol. The number of rotatable bonds is 4. The summed E-state index contributed by atoms with van der Waals surface area (Å²) in [7, 11) is 1.66. The molecule has 1 aliphatic carbocycles. The summed E-state index contributed by atoms with van der Waals surface area (Å²) in [5.41, 5.74) is 1.70. The van der Waals surface area contributed by atoms with Crippen LogP contribution in [-0.4, -0.2) is 26.6 Å². The number of fused-ring (bicyclic) bond motifs is 1. The highest BCUT2D eigenvalue weighted by molar-refractivity contribution is 7.22. The van der Waals surface area contributed by atoms with Crippen molar-refractivity contribution in [3.8, 4) is 0 Å². The predicted octanol–water partition coefficient (Wildman–Crippen LogP) is 4.45. The molecule has 0 radical (unpaired) electrons. The summed E-state index contributed by atoms with van der Waals surface area (Å²) in [4.78, 5) is 29.4. The lowest BCUT2D eigenvalue weighted by molar-refractivity contribution is -0.120. The van der Waals surface area contributed by atoms with Crippen molar-refractivity contribution < 1.29 is 9.59 Å². The van der Waals surface area contributed by atoms with Gasteiger partial charge in [-0.2, -0.15) is 5.10 Å². The zero-order chi connectivity index (χ0) is 19.7. The highest BCUT2D eigenvalue weighted by Gasteiger charge is 2.22. The number of carbonyl (C=O) groups is 2. The molecule has 4 rings (SSSR count). The van der Waals surface area contributed by atoms with E-state index >= 15 is 0 Å². The Morgan fingerprint density at radius 1 is 1.21 bits per heavy atom. The summed E-state index contributed by atoms with van der Waals surface area (Å²) >= 11 is 7.42. The van der Waals surface area contributed by atoms with Crippen molar-refractivity contribution in [2.45, 2.75) is 32.1 Å². The van der Waals surface area contributed by atoms with Crippen LogP contribution in [0.4, 0.5) is 10.8 Å². The molecule has 2 aromatic heterocycles. The van der Waals surface area contributed by atoms with Crippen LogP contribution >= 0.6 is 22.9 Å². The maximum atomic E-state index is 12.5. The molecule has 1 fully saturated rings. The number of halogens is 1. The number of aryl methyl sites for hydroxylation is 1. The Kier molecular flexibility index (Phi) is 5.32. The molecule has 1 aromatic carbocycles. The van der Waals surface area contributed by atoms with E-state index in [-0.39, 0.29) is 17.7 Å². The highest BCUT2D eigenvalue weighted by Crippen LogP contribution is 2.30. The van der Waals surface area contributed by atoms with Crippen LogP contribution in [0.2, 0.25) is 5.02 Å². The van der Waals surface area contributed by atoms with Crippen molar-refractivity contribution in [1.82, 2.24) is 14.8 Å². The van der Waals surface area contributed by atoms with Crippen LogP contribution in [0, 0.1) is 5.92 Å². The standard InChI is InChI=1S/C19H20ClN5O2S/c1-25-16(13(20)10-21-25)18(27)22-12-7-8-14-15(9-12)28-19(23-14)24-17(26)11-5-3-2-4-6-11/h7-11H,2-6H2,1H3,(H,22,27)(H,23,24,26). The van der Waals surface area contributed by atoms with Crippen LogP contribution in [0.25, 0.3) is 10.2 Å². The Morgan fingerprint density at radius 2 is 2.00 bits per heavy atom. The van der Waals surface area contributed by atoms with Gasteiger partial charge in [-0.05, 0) is 31.0 Å². The quantitative estimate of drug-likeness (QED) is 0.656. The van der Waals surface area contributed by atoms with E-state index in [4.69, 9.17) is 11.6 Å². The molecule has 1 aliphatic rings. The highest BCUT2D eigenvalue weighted by atomic mass is 35.5. The fourth-order valence-electron chi connectivity index (χ4n) is 3.48. The second-order valence-corrected chi connectivity index (χ2v) is 8.38. The molecule has 0 unspecified atom stereocenters. The summed E-state index contributed by atoms with van der Waals surface area (Å²) in [6.07, 6.45) is 6.77. The summed E-state index contributed by atoms with van der Waals surface area (Å²) in [5, 5.41) is 10.6. The number of hydrogen-bond donors (Lipinski definition) is 2. The molecular weight excluding hydrogens is 398 g/mol. The second kappa shape index (κ2) is 7.89. The van der Waals surface area contributed by atoms with E-state index in [1.165, 1.54) is 28.6 Å². The summed E-state index contributed by atoms with van der Waals surface area (Å²) in [6.45, 7) is 0. The Hall–Kier alpha value is -2.45. The van der Waals surface area contributed by atoms with Crippen LogP contribution in [0.3, 0.4) is 0 Å². The van der Waals surface area contributed by atoms with Crippen molar-refractivity contribution in [2.75, 3.05) is 10.6 Å². The van der Waals surface area contributed by atoms with Crippen molar-refractivity contribution in [3.05, 3.63) is 35.1 Å². The molecular formula is C19H20ClN5O2S. The van der Waals surface area contributed by atoms with E-state index in [1.807, 2.05) is 12.1 Å². The Bertz CT molecular complexity index is 1020. The average Bonchev–Trinajstić information content (AvgIpc) is 3.24. The topological polar surface area (TPSA) is 88.9 Å². The van der Waals surface area contributed by atoms with Crippen LogP contribution in [0.15, 0.2) is 24.4 Å². The molecule has 146 valence electrons. The summed E-state index contributed by atoms with van der Waals surface area (Å²) in [6, 6.07) is 5.44. The van der Waals surface area contributed by atoms with Gasteiger partial charge in [0, 0.05) is 18.7 Å². The molecule has 0 spiro atoms. The van der Waals surface area contributed by atoms with Gasteiger partial charge in [0.15, 0.2) is 5.13 Å². The Labute approximate surface area is 171 Å². The first-order valence-corrected chi connectivity index (χ1v) is 10.4. The molecule has 0 atom stereocenters. The number of benzene rings is 1. The van der Waals surface area contributed by atoms with Gasteiger partial charge in [0.2, 0.25) is 5.91 Å². The number of thiazole rings is 1. The normalized spacial score (nSPS) is 14.9. The lowest BCUT2D eigenvalue weighted by atomic mass is 9.89. The lowest BCUT2D eigenvalue weighted by Crippen LogP contribution is -2.24. The molecule has 9 heteroatoms. The number of carbonyl (C=O) groups excluding carboxylic acids is 2. The maximum Gasteiger partial charge on any atom is 0.275 e. The van der Waals surface area contributed by atoms with E-state index in [1.54, 1.807) is 13.1 Å². The summed E-state index contributed by atoms with van der Waals surface area (Å²) < 4.78 is 2.31. The van der Waals surface area contributed by atoms with Crippen molar-refractivity contribution in [1.29, 1.82) is 0 Å². The number of anilines is 2. The van der Waals surface area contributed by atoms with Gasteiger partial charge >= 0.3 is 0 Å². The van der Waals surface area contributed by atoms with Gasteiger partial charge in [0.25, 0.3) is 5.91 Å². The number of nitrogens with one attached hydrogen (secondary N) is 2. The second-order valence-electron chi connectivity index (χ2n) is 6.94. The molecule has 2 amide bonds.